The lowest BCUT2D eigenvalue weighted by Gasteiger charge is -2.55. The summed E-state index contributed by atoms with van der Waals surface area (Å²) >= 11 is 0. The SMILES string of the molecule is Cc1nc2cccc(N)c2c(=O)n1C1(C)C(=O)NC(=O)C(C)(C)C1(C)C. The monoisotopic (exact) mass is 356 g/mol. The highest BCUT2D eigenvalue weighted by Crippen LogP contribution is 2.53. The Morgan fingerprint density at radius 3 is 2.27 bits per heavy atom. The number of imide groups is 1. The molecule has 1 aliphatic rings. The Kier molecular flexibility index (Phi) is 3.59. The van der Waals surface area contributed by atoms with Crippen LogP contribution in [0.25, 0.3) is 10.9 Å². The number of nitrogen functional groups attached to an aromatic ring is 1. The number of aromatic nitrogens is 2. The zero-order chi connectivity index (χ0) is 19.7. The van der Waals surface area contributed by atoms with Crippen molar-refractivity contribution in [3.05, 3.63) is 34.4 Å². The zero-order valence-corrected chi connectivity index (χ0v) is 15.9. The van der Waals surface area contributed by atoms with Gasteiger partial charge in [-0.15, -0.1) is 0 Å². The number of hydrogen-bond donors (Lipinski definition) is 2. The van der Waals surface area contributed by atoms with Crippen molar-refractivity contribution >= 4 is 28.4 Å². The highest BCUT2D eigenvalue weighted by molar-refractivity contribution is 6.05. The van der Waals surface area contributed by atoms with Gasteiger partial charge in [-0.05, 0) is 26.0 Å². The van der Waals surface area contributed by atoms with Gasteiger partial charge in [0.15, 0.2) is 0 Å². The lowest BCUT2D eigenvalue weighted by Crippen LogP contribution is -2.71. The predicted molar refractivity (Wildman–Crippen MR) is 99.5 cm³/mol. The van der Waals surface area contributed by atoms with Gasteiger partial charge in [0.05, 0.1) is 16.3 Å². The van der Waals surface area contributed by atoms with Crippen molar-refractivity contribution in [3.63, 3.8) is 0 Å². The molecule has 0 saturated carbocycles. The number of piperidine rings is 1. The number of anilines is 1. The van der Waals surface area contributed by atoms with Crippen LogP contribution < -0.4 is 16.6 Å². The number of nitrogens with zero attached hydrogens (tertiary/aromatic N) is 2. The Labute approximate surface area is 151 Å². The molecule has 138 valence electrons. The van der Waals surface area contributed by atoms with Gasteiger partial charge in [-0.3, -0.25) is 24.3 Å². The number of aryl methyl sites for hydroxylation is 1. The fraction of sp³-hybridized carbons (Fsp3) is 0.474. The maximum atomic E-state index is 13.4. The molecule has 0 spiro atoms. The van der Waals surface area contributed by atoms with Gasteiger partial charge in [-0.1, -0.05) is 33.8 Å². The van der Waals surface area contributed by atoms with E-state index in [2.05, 4.69) is 10.3 Å². The third-order valence-corrected chi connectivity index (χ3v) is 6.56. The molecule has 7 nitrogen and oxygen atoms in total. The predicted octanol–water partition coefficient (Wildman–Crippen LogP) is 1.71. The van der Waals surface area contributed by atoms with E-state index in [9.17, 15) is 14.4 Å². The maximum Gasteiger partial charge on any atom is 0.264 e. The van der Waals surface area contributed by atoms with Gasteiger partial charge in [0.1, 0.15) is 11.4 Å². The molecule has 3 N–H and O–H groups in total. The molecule has 0 bridgehead atoms. The van der Waals surface area contributed by atoms with Crippen molar-refractivity contribution in [3.8, 4) is 0 Å². The van der Waals surface area contributed by atoms with Crippen LogP contribution in [0.1, 0.15) is 40.4 Å². The number of rotatable bonds is 1. The molecule has 26 heavy (non-hydrogen) atoms. The average Bonchev–Trinajstić information content (AvgIpc) is 2.52. The quantitative estimate of drug-likeness (QED) is 0.597. The molecule has 1 saturated heterocycles. The lowest BCUT2D eigenvalue weighted by atomic mass is 9.55. The van der Waals surface area contributed by atoms with Gasteiger partial charge in [-0.25, -0.2) is 4.98 Å². The van der Waals surface area contributed by atoms with Crippen molar-refractivity contribution in [2.45, 2.75) is 47.1 Å². The summed E-state index contributed by atoms with van der Waals surface area (Å²) in [6, 6.07) is 5.08. The summed E-state index contributed by atoms with van der Waals surface area (Å²) < 4.78 is 1.38. The van der Waals surface area contributed by atoms with E-state index in [4.69, 9.17) is 5.73 Å². The average molecular weight is 356 g/mol. The van der Waals surface area contributed by atoms with E-state index < -0.39 is 22.3 Å². The minimum Gasteiger partial charge on any atom is -0.398 e. The second-order valence-electron chi connectivity index (χ2n) is 8.15. The molecule has 0 aliphatic carbocycles. The molecular weight excluding hydrogens is 332 g/mol. The maximum absolute atomic E-state index is 13.4. The Hall–Kier alpha value is -2.70. The van der Waals surface area contributed by atoms with Gasteiger partial charge < -0.3 is 5.73 Å². The summed E-state index contributed by atoms with van der Waals surface area (Å²) in [5.41, 5.74) is 3.34. The molecule has 1 atom stereocenters. The van der Waals surface area contributed by atoms with Crippen molar-refractivity contribution in [2.75, 3.05) is 5.73 Å². The van der Waals surface area contributed by atoms with Crippen LogP contribution in [0.2, 0.25) is 0 Å². The zero-order valence-electron chi connectivity index (χ0n) is 15.9. The molecule has 1 aliphatic heterocycles. The Morgan fingerprint density at radius 2 is 1.65 bits per heavy atom. The topological polar surface area (TPSA) is 107 Å². The van der Waals surface area contributed by atoms with Crippen LogP contribution in [0.4, 0.5) is 5.69 Å². The Balaban J connectivity index is 2.45. The fourth-order valence-corrected chi connectivity index (χ4v) is 3.83. The van der Waals surface area contributed by atoms with Crippen LogP contribution >= 0.6 is 0 Å². The van der Waals surface area contributed by atoms with Crippen LogP contribution in [-0.2, 0) is 15.1 Å². The Morgan fingerprint density at radius 1 is 1.04 bits per heavy atom. The van der Waals surface area contributed by atoms with E-state index in [1.54, 1.807) is 45.9 Å². The number of carbonyl (C=O) groups excluding carboxylic acids is 2. The van der Waals surface area contributed by atoms with Gasteiger partial charge in [0.25, 0.3) is 11.5 Å². The lowest BCUT2D eigenvalue weighted by molar-refractivity contribution is -0.165. The standard InChI is InChI=1S/C19H24N4O3/c1-10-21-12-9-7-8-11(20)13(12)14(24)23(10)19(6)16(26)22-15(25)17(2,3)18(19,4)5/h7-9H,20H2,1-6H3,(H,22,25,26). The van der Waals surface area contributed by atoms with Crippen LogP contribution in [0, 0.1) is 17.8 Å². The van der Waals surface area contributed by atoms with Gasteiger partial charge in [0.2, 0.25) is 5.91 Å². The third kappa shape index (κ3) is 1.94. The van der Waals surface area contributed by atoms with Crippen LogP contribution in [0.5, 0.6) is 0 Å². The molecule has 1 unspecified atom stereocenters. The van der Waals surface area contributed by atoms with E-state index in [0.29, 0.717) is 17.0 Å². The molecule has 0 radical (unpaired) electrons. The first-order valence-corrected chi connectivity index (χ1v) is 8.51. The van der Waals surface area contributed by atoms with Crippen LogP contribution in [0.3, 0.4) is 0 Å². The largest absolute Gasteiger partial charge is 0.398 e. The number of nitrogens with two attached hydrogens (primary N) is 1. The normalized spacial score (nSPS) is 24.5. The first-order chi connectivity index (χ1) is 11.9. The molecule has 2 amide bonds. The molecule has 7 heteroatoms. The van der Waals surface area contributed by atoms with Gasteiger partial charge >= 0.3 is 0 Å². The summed E-state index contributed by atoms with van der Waals surface area (Å²) in [5, 5.41) is 2.71. The first-order valence-electron chi connectivity index (χ1n) is 8.51. The minimum atomic E-state index is -1.32. The highest BCUT2D eigenvalue weighted by Gasteiger charge is 2.63. The number of benzene rings is 1. The van der Waals surface area contributed by atoms with E-state index in [1.807, 2.05) is 13.8 Å². The van der Waals surface area contributed by atoms with Crippen LogP contribution in [-0.4, -0.2) is 21.4 Å². The van der Waals surface area contributed by atoms with Crippen molar-refractivity contribution in [1.29, 1.82) is 0 Å². The molecule has 2 heterocycles. The Bertz CT molecular complexity index is 1020. The third-order valence-electron chi connectivity index (χ3n) is 6.56. The summed E-state index contributed by atoms with van der Waals surface area (Å²) in [4.78, 5) is 43.3. The molecule has 3 rings (SSSR count). The minimum absolute atomic E-state index is 0.276. The fourth-order valence-electron chi connectivity index (χ4n) is 3.83. The molecule has 1 fully saturated rings. The second kappa shape index (κ2) is 5.16. The number of nitrogens with one attached hydrogen (secondary N) is 1. The van der Waals surface area contributed by atoms with E-state index in [0.717, 1.165) is 0 Å². The smallest absolute Gasteiger partial charge is 0.264 e. The number of hydrogen-bond acceptors (Lipinski definition) is 5. The first kappa shape index (κ1) is 18.1. The van der Waals surface area contributed by atoms with Crippen molar-refractivity contribution < 1.29 is 9.59 Å². The molecule has 2 aromatic rings. The summed E-state index contributed by atoms with van der Waals surface area (Å²) in [6.45, 7) is 10.6. The summed E-state index contributed by atoms with van der Waals surface area (Å²) in [5.74, 6) is -0.486. The second-order valence-corrected chi connectivity index (χ2v) is 8.15. The molecule has 1 aromatic heterocycles. The van der Waals surface area contributed by atoms with Crippen molar-refractivity contribution in [1.82, 2.24) is 14.9 Å². The molecular formula is C19H24N4O3. The van der Waals surface area contributed by atoms with Crippen LogP contribution in [0.15, 0.2) is 23.0 Å². The highest BCUT2D eigenvalue weighted by atomic mass is 16.2. The number of carbonyl (C=O) groups is 2. The van der Waals surface area contributed by atoms with E-state index in [1.165, 1.54) is 4.57 Å². The van der Waals surface area contributed by atoms with E-state index in [-0.39, 0.29) is 16.9 Å². The summed E-state index contributed by atoms with van der Waals surface area (Å²) in [6.07, 6.45) is 0. The van der Waals surface area contributed by atoms with Crippen molar-refractivity contribution in [2.24, 2.45) is 10.8 Å². The number of fused-ring (bicyclic) bond motifs is 1. The van der Waals surface area contributed by atoms with E-state index >= 15 is 0 Å². The van der Waals surface area contributed by atoms with Gasteiger partial charge in [0, 0.05) is 11.1 Å². The summed E-state index contributed by atoms with van der Waals surface area (Å²) in [7, 11) is 0. The molecule has 1 aromatic carbocycles. The van der Waals surface area contributed by atoms with Gasteiger partial charge in [-0.2, -0.15) is 0 Å². The number of amides is 2.